The molecule has 0 aliphatic heterocycles. The normalized spacial score (nSPS) is 12.8. The summed E-state index contributed by atoms with van der Waals surface area (Å²) in [6.07, 6.45) is 1.50. The third kappa shape index (κ3) is 7.54. The molecular formula is C13H31NO4Si2. The van der Waals surface area contributed by atoms with Crippen molar-refractivity contribution in [2.24, 2.45) is 0 Å². The smallest absolute Gasteiger partial charge is 0.334 e. The van der Waals surface area contributed by atoms with Gasteiger partial charge in [0.05, 0.1) is 13.5 Å². The van der Waals surface area contributed by atoms with E-state index in [2.05, 4.69) is 30.8 Å². The van der Waals surface area contributed by atoms with E-state index in [1.165, 1.54) is 7.11 Å². The van der Waals surface area contributed by atoms with Crippen molar-refractivity contribution >= 4 is 22.8 Å². The van der Waals surface area contributed by atoms with Gasteiger partial charge in [-0.15, -0.1) is 0 Å². The minimum absolute atomic E-state index is 0.138. The van der Waals surface area contributed by atoms with Crippen LogP contribution >= 0.6 is 0 Å². The van der Waals surface area contributed by atoms with E-state index in [4.69, 9.17) is 13.6 Å². The number of ether oxygens (including phenoxy) is 1. The second-order valence-electron chi connectivity index (χ2n) is 6.13. The number of rotatable bonds is 10. The Bertz CT molecular complexity index is 291. The zero-order valence-electron chi connectivity index (χ0n) is 14.1. The Hall–Kier alpha value is -0.216. The Kier molecular flexibility index (Phi) is 8.84. The number of hydrogen-bond acceptors (Lipinski definition) is 5. The molecule has 5 nitrogen and oxygen atoms in total. The zero-order chi connectivity index (χ0) is 15.8. The van der Waals surface area contributed by atoms with Gasteiger partial charge >= 0.3 is 14.5 Å². The molecule has 0 unspecified atom stereocenters. The van der Waals surface area contributed by atoms with Gasteiger partial charge in [-0.25, -0.2) is 0 Å². The first kappa shape index (κ1) is 19.8. The van der Waals surface area contributed by atoms with Crippen LogP contribution in [0.2, 0.25) is 32.2 Å². The minimum Gasteiger partial charge on any atom is -0.469 e. The molecule has 0 aliphatic rings. The molecular weight excluding hydrogens is 290 g/mol. The Labute approximate surface area is 125 Å². The van der Waals surface area contributed by atoms with Crippen molar-refractivity contribution in [3.05, 3.63) is 0 Å². The van der Waals surface area contributed by atoms with Crippen molar-refractivity contribution in [3.63, 3.8) is 0 Å². The summed E-state index contributed by atoms with van der Waals surface area (Å²) in [7, 11) is 1.49. The molecule has 120 valence electrons. The van der Waals surface area contributed by atoms with Crippen LogP contribution in [-0.4, -0.2) is 61.8 Å². The van der Waals surface area contributed by atoms with Crippen molar-refractivity contribution in [1.82, 2.24) is 4.57 Å². The number of esters is 1. The summed E-state index contributed by atoms with van der Waals surface area (Å²) in [4.78, 5) is 11.3. The molecule has 0 aromatic rings. The van der Waals surface area contributed by atoms with Gasteiger partial charge in [0, 0.05) is 20.8 Å². The maximum absolute atomic E-state index is 11.3. The van der Waals surface area contributed by atoms with Gasteiger partial charge in [0.1, 0.15) is 8.24 Å². The van der Waals surface area contributed by atoms with Gasteiger partial charge in [-0.1, -0.05) is 19.6 Å². The molecule has 0 radical (unpaired) electrons. The van der Waals surface area contributed by atoms with Gasteiger partial charge in [0.2, 0.25) is 0 Å². The predicted molar refractivity (Wildman–Crippen MR) is 86.6 cm³/mol. The van der Waals surface area contributed by atoms with Crippen LogP contribution in [0, 0.1) is 0 Å². The van der Waals surface area contributed by atoms with Gasteiger partial charge < -0.3 is 18.2 Å². The Balaban J connectivity index is 4.35. The van der Waals surface area contributed by atoms with Gasteiger partial charge in [0.25, 0.3) is 0 Å². The van der Waals surface area contributed by atoms with Crippen LogP contribution in [0.3, 0.4) is 0 Å². The van der Waals surface area contributed by atoms with E-state index in [-0.39, 0.29) is 5.97 Å². The molecule has 0 aromatic carbocycles. The van der Waals surface area contributed by atoms with E-state index in [1.54, 1.807) is 14.2 Å². The van der Waals surface area contributed by atoms with Gasteiger partial charge in [-0.05, 0) is 25.6 Å². The van der Waals surface area contributed by atoms with Crippen LogP contribution in [-0.2, 0) is 18.4 Å². The van der Waals surface area contributed by atoms with Crippen molar-refractivity contribution < 1.29 is 18.4 Å². The first-order valence-electron chi connectivity index (χ1n) is 7.10. The number of carbonyl (C=O) groups excluding carboxylic acids is 1. The Morgan fingerprint density at radius 2 is 1.55 bits per heavy atom. The standard InChI is InChI=1S/C13H31NO4Si2/c1-16-13(15)9-11-14(19(4,5)6)10-8-12-20(7,17-2)18-3/h8-12H2,1-7H3. The molecule has 7 heteroatoms. The van der Waals surface area contributed by atoms with E-state index in [0.717, 1.165) is 25.6 Å². The number of hydrogen-bond donors (Lipinski definition) is 0. The molecule has 0 rings (SSSR count). The summed E-state index contributed by atoms with van der Waals surface area (Å²) < 4.78 is 18.2. The summed E-state index contributed by atoms with van der Waals surface area (Å²) in [6.45, 7) is 10.7. The molecule has 0 atom stereocenters. The Morgan fingerprint density at radius 3 is 1.95 bits per heavy atom. The molecule has 20 heavy (non-hydrogen) atoms. The molecule has 0 fully saturated rings. The van der Waals surface area contributed by atoms with Crippen molar-refractivity contribution in [2.75, 3.05) is 34.4 Å². The highest BCUT2D eigenvalue weighted by molar-refractivity contribution is 6.73. The lowest BCUT2D eigenvalue weighted by atomic mass is 10.4. The lowest BCUT2D eigenvalue weighted by molar-refractivity contribution is -0.140. The highest BCUT2D eigenvalue weighted by atomic mass is 28.4. The molecule has 0 N–H and O–H groups in total. The highest BCUT2D eigenvalue weighted by Crippen LogP contribution is 2.17. The number of nitrogens with zero attached hydrogens (tertiary/aromatic N) is 1. The molecule has 0 aliphatic carbocycles. The Morgan fingerprint density at radius 1 is 1.00 bits per heavy atom. The van der Waals surface area contributed by atoms with E-state index in [0.29, 0.717) is 6.42 Å². The maximum atomic E-state index is 11.3. The quantitative estimate of drug-likeness (QED) is 0.457. The molecule has 0 spiro atoms. The SMILES string of the molecule is COC(=O)CCN(CCC[Si](C)(OC)OC)[Si](C)(C)C. The average molecular weight is 322 g/mol. The van der Waals surface area contributed by atoms with E-state index >= 15 is 0 Å². The summed E-state index contributed by atoms with van der Waals surface area (Å²) in [6, 6.07) is 0.971. The fourth-order valence-electron chi connectivity index (χ4n) is 1.99. The summed E-state index contributed by atoms with van der Waals surface area (Å²) >= 11 is 0. The van der Waals surface area contributed by atoms with Crippen molar-refractivity contribution in [1.29, 1.82) is 0 Å². The molecule has 0 saturated heterocycles. The maximum Gasteiger partial charge on any atom is 0.334 e. The van der Waals surface area contributed by atoms with Gasteiger partial charge in [0.15, 0.2) is 0 Å². The first-order valence-corrected chi connectivity index (χ1v) is 13.1. The molecule has 0 amide bonds. The second-order valence-corrected chi connectivity index (χ2v) is 14.7. The first-order chi connectivity index (χ1) is 9.18. The number of methoxy groups -OCH3 is 1. The van der Waals surface area contributed by atoms with Crippen molar-refractivity contribution in [3.8, 4) is 0 Å². The molecule has 0 heterocycles. The fraction of sp³-hybridized carbons (Fsp3) is 0.923. The highest BCUT2D eigenvalue weighted by Gasteiger charge is 2.30. The zero-order valence-corrected chi connectivity index (χ0v) is 16.1. The largest absolute Gasteiger partial charge is 0.469 e. The lowest BCUT2D eigenvalue weighted by Gasteiger charge is -2.34. The van der Waals surface area contributed by atoms with Crippen LogP contribution < -0.4 is 0 Å². The van der Waals surface area contributed by atoms with Crippen LogP contribution in [0.4, 0.5) is 0 Å². The average Bonchev–Trinajstić information content (AvgIpc) is 2.40. The third-order valence-electron chi connectivity index (χ3n) is 3.68. The molecule has 0 bridgehead atoms. The molecule has 0 aromatic heterocycles. The fourth-order valence-corrected chi connectivity index (χ4v) is 4.98. The van der Waals surface area contributed by atoms with Gasteiger partial charge in [-0.3, -0.25) is 4.79 Å². The van der Waals surface area contributed by atoms with E-state index in [1.807, 2.05) is 0 Å². The monoisotopic (exact) mass is 321 g/mol. The summed E-state index contributed by atoms with van der Waals surface area (Å²) in [5, 5.41) is 0. The third-order valence-corrected chi connectivity index (χ3v) is 9.02. The van der Waals surface area contributed by atoms with E-state index in [9.17, 15) is 4.79 Å². The van der Waals surface area contributed by atoms with Crippen LogP contribution in [0.5, 0.6) is 0 Å². The minimum atomic E-state index is -1.98. The second kappa shape index (κ2) is 8.94. The topological polar surface area (TPSA) is 48.0 Å². The van der Waals surface area contributed by atoms with E-state index < -0.39 is 16.8 Å². The van der Waals surface area contributed by atoms with Crippen LogP contribution in [0.25, 0.3) is 0 Å². The van der Waals surface area contributed by atoms with Crippen LogP contribution in [0.1, 0.15) is 12.8 Å². The van der Waals surface area contributed by atoms with Gasteiger partial charge in [-0.2, -0.15) is 0 Å². The van der Waals surface area contributed by atoms with Crippen molar-refractivity contribution in [2.45, 2.75) is 45.1 Å². The van der Waals surface area contributed by atoms with Crippen LogP contribution in [0.15, 0.2) is 0 Å². The summed E-state index contributed by atoms with van der Waals surface area (Å²) in [5.74, 6) is -0.138. The predicted octanol–water partition coefficient (Wildman–Crippen LogP) is 2.44. The molecule has 0 saturated carbocycles. The lowest BCUT2D eigenvalue weighted by Crippen LogP contribution is -2.48. The number of carbonyl (C=O) groups is 1. The summed E-state index contributed by atoms with van der Waals surface area (Å²) in [5.41, 5.74) is 0.